The van der Waals surface area contributed by atoms with E-state index in [2.05, 4.69) is 5.32 Å². The van der Waals surface area contributed by atoms with Gasteiger partial charge in [0, 0.05) is 7.05 Å². The smallest absolute Gasteiger partial charge is 0.338 e. The third-order valence-electron chi connectivity index (χ3n) is 3.71. The maximum atomic E-state index is 12.1. The molecule has 1 aromatic rings. The minimum atomic E-state index is -0.364. The van der Waals surface area contributed by atoms with E-state index in [-0.39, 0.29) is 24.6 Å². The molecule has 1 saturated carbocycles. The number of hydrogen-bond acceptors (Lipinski definition) is 5. The number of nitrogen functional groups attached to an aromatic ring is 1. The minimum Gasteiger partial charge on any atom is -0.482 e. The molecule has 22 heavy (non-hydrogen) atoms. The SMILES string of the molecule is CNC(=O)COc1ccc(C(=O)OC2CCCCC2)cc1N. The highest BCUT2D eigenvalue weighted by Crippen LogP contribution is 2.25. The van der Waals surface area contributed by atoms with Crippen LogP contribution in [0.1, 0.15) is 42.5 Å². The average molecular weight is 306 g/mol. The molecule has 0 heterocycles. The summed E-state index contributed by atoms with van der Waals surface area (Å²) in [7, 11) is 1.53. The minimum absolute atomic E-state index is 0.00616. The fourth-order valence-corrected chi connectivity index (χ4v) is 2.42. The first kappa shape index (κ1) is 16.1. The van der Waals surface area contributed by atoms with Gasteiger partial charge in [0.2, 0.25) is 0 Å². The maximum Gasteiger partial charge on any atom is 0.338 e. The Morgan fingerprint density at radius 3 is 2.64 bits per heavy atom. The van der Waals surface area contributed by atoms with E-state index < -0.39 is 0 Å². The van der Waals surface area contributed by atoms with Gasteiger partial charge < -0.3 is 20.5 Å². The summed E-state index contributed by atoms with van der Waals surface area (Å²) in [5, 5.41) is 2.45. The van der Waals surface area contributed by atoms with Crippen LogP contribution < -0.4 is 15.8 Å². The van der Waals surface area contributed by atoms with Crippen LogP contribution in [-0.4, -0.2) is 31.6 Å². The van der Waals surface area contributed by atoms with Gasteiger partial charge in [-0.05, 0) is 43.9 Å². The van der Waals surface area contributed by atoms with Gasteiger partial charge in [-0.15, -0.1) is 0 Å². The van der Waals surface area contributed by atoms with Gasteiger partial charge in [-0.1, -0.05) is 6.42 Å². The van der Waals surface area contributed by atoms with Crippen molar-refractivity contribution in [1.82, 2.24) is 5.32 Å². The van der Waals surface area contributed by atoms with E-state index in [0.29, 0.717) is 17.0 Å². The molecule has 1 fully saturated rings. The highest BCUT2D eigenvalue weighted by Gasteiger charge is 2.19. The van der Waals surface area contributed by atoms with E-state index in [1.165, 1.54) is 19.5 Å². The molecule has 0 aliphatic heterocycles. The first-order chi connectivity index (χ1) is 10.6. The second kappa shape index (κ2) is 7.68. The Morgan fingerprint density at radius 1 is 1.27 bits per heavy atom. The number of esters is 1. The zero-order valence-electron chi connectivity index (χ0n) is 12.8. The van der Waals surface area contributed by atoms with Gasteiger partial charge in [0.15, 0.2) is 6.61 Å². The largest absolute Gasteiger partial charge is 0.482 e. The second-order valence-electron chi connectivity index (χ2n) is 5.38. The van der Waals surface area contributed by atoms with Gasteiger partial charge in [-0.25, -0.2) is 4.79 Å². The molecule has 0 bridgehead atoms. The normalized spacial score (nSPS) is 15.1. The lowest BCUT2D eigenvalue weighted by atomic mass is 9.98. The predicted molar refractivity (Wildman–Crippen MR) is 82.7 cm³/mol. The molecule has 3 N–H and O–H groups in total. The van der Waals surface area contributed by atoms with Crippen molar-refractivity contribution in [3.63, 3.8) is 0 Å². The van der Waals surface area contributed by atoms with Gasteiger partial charge in [0.1, 0.15) is 11.9 Å². The molecule has 0 aromatic heterocycles. The molecule has 120 valence electrons. The van der Waals surface area contributed by atoms with Crippen LogP contribution in [-0.2, 0) is 9.53 Å². The van der Waals surface area contributed by atoms with Crippen molar-refractivity contribution in [2.24, 2.45) is 0 Å². The number of hydrogen-bond donors (Lipinski definition) is 2. The zero-order valence-corrected chi connectivity index (χ0v) is 12.8. The first-order valence-corrected chi connectivity index (χ1v) is 7.54. The molecule has 0 atom stereocenters. The van der Waals surface area contributed by atoms with Gasteiger partial charge >= 0.3 is 5.97 Å². The van der Waals surface area contributed by atoms with Crippen LogP contribution in [0.15, 0.2) is 18.2 Å². The second-order valence-corrected chi connectivity index (χ2v) is 5.38. The number of carbonyl (C=O) groups excluding carboxylic acids is 2. The maximum absolute atomic E-state index is 12.1. The van der Waals surface area contributed by atoms with Crippen LogP contribution in [0.3, 0.4) is 0 Å². The third-order valence-corrected chi connectivity index (χ3v) is 3.71. The van der Waals surface area contributed by atoms with Gasteiger partial charge in [-0.2, -0.15) is 0 Å². The Hall–Kier alpha value is -2.24. The molecule has 0 unspecified atom stereocenters. The van der Waals surface area contributed by atoms with Gasteiger partial charge in [0.25, 0.3) is 5.91 Å². The Morgan fingerprint density at radius 2 is 2.00 bits per heavy atom. The van der Waals surface area contributed by atoms with Crippen molar-refractivity contribution < 1.29 is 19.1 Å². The van der Waals surface area contributed by atoms with E-state index >= 15 is 0 Å². The molecule has 2 rings (SSSR count). The zero-order chi connectivity index (χ0) is 15.9. The molecular formula is C16H22N2O4. The summed E-state index contributed by atoms with van der Waals surface area (Å²) in [5.41, 5.74) is 6.56. The quantitative estimate of drug-likeness (QED) is 0.640. The number of nitrogens with two attached hydrogens (primary N) is 1. The molecule has 6 heteroatoms. The lowest BCUT2D eigenvalue weighted by Crippen LogP contribution is -2.25. The number of anilines is 1. The van der Waals surface area contributed by atoms with Crippen molar-refractivity contribution in [2.45, 2.75) is 38.2 Å². The van der Waals surface area contributed by atoms with Crippen LogP contribution in [0.4, 0.5) is 5.69 Å². The summed E-state index contributed by atoms with van der Waals surface area (Å²) in [6.45, 7) is -0.118. The Balaban J connectivity index is 1.95. The lowest BCUT2D eigenvalue weighted by molar-refractivity contribution is -0.122. The molecule has 0 spiro atoms. The summed E-state index contributed by atoms with van der Waals surface area (Å²) in [5.74, 6) is -0.241. The van der Waals surface area contributed by atoms with Crippen LogP contribution >= 0.6 is 0 Å². The molecule has 0 radical (unpaired) electrons. The first-order valence-electron chi connectivity index (χ1n) is 7.54. The van der Waals surface area contributed by atoms with E-state index in [1.807, 2.05) is 0 Å². The van der Waals surface area contributed by atoms with Gasteiger partial charge in [-0.3, -0.25) is 4.79 Å². The number of carbonyl (C=O) groups is 2. The summed E-state index contributed by atoms with van der Waals surface area (Å²) in [6, 6.07) is 4.70. The van der Waals surface area contributed by atoms with Crippen molar-refractivity contribution >= 4 is 17.6 Å². The summed E-state index contributed by atoms with van der Waals surface area (Å²) >= 11 is 0. The topological polar surface area (TPSA) is 90.6 Å². The number of amides is 1. The fourth-order valence-electron chi connectivity index (χ4n) is 2.42. The fraction of sp³-hybridized carbons (Fsp3) is 0.500. The molecule has 0 saturated heterocycles. The Bertz CT molecular complexity index is 539. The highest BCUT2D eigenvalue weighted by molar-refractivity contribution is 5.91. The molecular weight excluding hydrogens is 284 g/mol. The highest BCUT2D eigenvalue weighted by atomic mass is 16.5. The van der Waals surface area contributed by atoms with Gasteiger partial charge in [0.05, 0.1) is 11.3 Å². The molecule has 1 aliphatic carbocycles. The number of ether oxygens (including phenoxy) is 2. The van der Waals surface area contributed by atoms with E-state index in [4.69, 9.17) is 15.2 Å². The Labute approximate surface area is 130 Å². The van der Waals surface area contributed by atoms with Crippen LogP contribution in [0, 0.1) is 0 Å². The van der Waals surface area contributed by atoms with Crippen LogP contribution in [0.5, 0.6) is 5.75 Å². The Kier molecular flexibility index (Phi) is 5.63. The van der Waals surface area contributed by atoms with Crippen molar-refractivity contribution in [3.8, 4) is 5.75 Å². The van der Waals surface area contributed by atoms with Crippen molar-refractivity contribution in [3.05, 3.63) is 23.8 Å². The van der Waals surface area contributed by atoms with E-state index in [1.54, 1.807) is 12.1 Å². The van der Waals surface area contributed by atoms with Crippen molar-refractivity contribution in [2.75, 3.05) is 19.4 Å². The lowest BCUT2D eigenvalue weighted by Gasteiger charge is -2.21. The number of nitrogens with one attached hydrogen (secondary N) is 1. The van der Waals surface area contributed by atoms with E-state index in [9.17, 15) is 9.59 Å². The monoisotopic (exact) mass is 306 g/mol. The summed E-state index contributed by atoms with van der Waals surface area (Å²) < 4.78 is 10.8. The number of benzene rings is 1. The van der Waals surface area contributed by atoms with Crippen LogP contribution in [0.2, 0.25) is 0 Å². The number of likely N-dealkylation sites (N-methyl/N-ethyl adjacent to an activating group) is 1. The van der Waals surface area contributed by atoms with Crippen LogP contribution in [0.25, 0.3) is 0 Å². The van der Waals surface area contributed by atoms with Crippen molar-refractivity contribution in [1.29, 1.82) is 0 Å². The standard InChI is InChI=1S/C16H22N2O4/c1-18-15(19)10-21-14-8-7-11(9-13(14)17)16(20)22-12-5-3-2-4-6-12/h7-9,12H,2-6,10,17H2,1H3,(H,18,19). The van der Waals surface area contributed by atoms with E-state index in [0.717, 1.165) is 25.7 Å². The molecule has 6 nitrogen and oxygen atoms in total. The number of rotatable bonds is 5. The third kappa shape index (κ3) is 4.38. The predicted octanol–water partition coefficient (Wildman–Crippen LogP) is 1.88. The summed E-state index contributed by atoms with van der Waals surface area (Å²) in [4.78, 5) is 23.2. The molecule has 1 amide bonds. The summed E-state index contributed by atoms with van der Waals surface area (Å²) in [6.07, 6.45) is 5.27. The average Bonchev–Trinajstić information content (AvgIpc) is 2.54. The molecule has 1 aromatic carbocycles. The molecule has 1 aliphatic rings.